The molecule has 0 aliphatic rings. The highest BCUT2D eigenvalue weighted by molar-refractivity contribution is 7.90. The average molecular weight is 288 g/mol. The second kappa shape index (κ2) is 6.05. The van der Waals surface area contributed by atoms with Crippen LogP contribution in [0.3, 0.4) is 0 Å². The number of hydrogen-bond donors (Lipinski definition) is 1. The van der Waals surface area contributed by atoms with Gasteiger partial charge in [-0.25, -0.2) is 13.4 Å². The van der Waals surface area contributed by atoms with Gasteiger partial charge in [-0.1, -0.05) is 0 Å². The minimum Gasteiger partial charge on any atom is -0.473 e. The van der Waals surface area contributed by atoms with Gasteiger partial charge in [-0.2, -0.15) is 4.98 Å². The number of nitrogens with two attached hydrogens (primary N) is 1. The number of anilines is 2. The van der Waals surface area contributed by atoms with E-state index in [2.05, 4.69) is 9.97 Å². The van der Waals surface area contributed by atoms with E-state index in [0.717, 1.165) is 0 Å². The smallest absolute Gasteiger partial charge is 0.242 e. The van der Waals surface area contributed by atoms with Gasteiger partial charge in [0.25, 0.3) is 0 Å². The first-order chi connectivity index (χ1) is 8.70. The molecule has 1 aromatic rings. The molecule has 0 amide bonds. The fourth-order valence-corrected chi connectivity index (χ4v) is 2.01. The predicted octanol–water partition coefficient (Wildman–Crippen LogP) is 0.327. The Balaban J connectivity index is 2.88. The maximum absolute atomic E-state index is 11.1. The summed E-state index contributed by atoms with van der Waals surface area (Å²) in [5, 5.41) is 0. The molecule has 8 heteroatoms. The second-order valence-electron chi connectivity index (χ2n) is 4.63. The van der Waals surface area contributed by atoms with Crippen molar-refractivity contribution in [3.8, 4) is 5.88 Å². The number of nitrogens with zero attached hydrogens (tertiary/aromatic N) is 3. The molecule has 0 radical (unpaired) electrons. The molecule has 108 valence electrons. The maximum Gasteiger partial charge on any atom is 0.242 e. The molecular formula is C11H20N4O3S. The average Bonchev–Trinajstić information content (AvgIpc) is 2.27. The van der Waals surface area contributed by atoms with E-state index in [1.807, 2.05) is 13.8 Å². The molecule has 2 N–H and O–H groups in total. The summed E-state index contributed by atoms with van der Waals surface area (Å²) in [6.07, 6.45) is 2.49. The Morgan fingerprint density at radius 1 is 1.42 bits per heavy atom. The first-order valence-corrected chi connectivity index (χ1v) is 7.92. The van der Waals surface area contributed by atoms with Gasteiger partial charge in [-0.3, -0.25) is 0 Å². The number of nitrogen functional groups attached to an aromatic ring is 1. The topological polar surface area (TPSA) is 98.4 Å². The quantitative estimate of drug-likeness (QED) is 0.805. The number of ether oxygens (including phenoxy) is 1. The highest BCUT2D eigenvalue weighted by atomic mass is 32.2. The SMILES string of the molecule is CC(C)Oc1ncnc(N(C)CCS(C)(=O)=O)c1N. The Kier molecular flexibility index (Phi) is 4.93. The first kappa shape index (κ1) is 15.5. The Morgan fingerprint density at radius 3 is 2.58 bits per heavy atom. The van der Waals surface area contributed by atoms with Crippen LogP contribution in [-0.4, -0.2) is 50.1 Å². The molecule has 0 spiro atoms. The molecule has 1 heterocycles. The van der Waals surface area contributed by atoms with Gasteiger partial charge in [0.2, 0.25) is 5.88 Å². The van der Waals surface area contributed by atoms with Crippen LogP contribution in [0.5, 0.6) is 5.88 Å². The zero-order valence-electron chi connectivity index (χ0n) is 11.6. The largest absolute Gasteiger partial charge is 0.473 e. The lowest BCUT2D eigenvalue weighted by molar-refractivity contribution is 0.234. The zero-order valence-corrected chi connectivity index (χ0v) is 12.4. The van der Waals surface area contributed by atoms with Gasteiger partial charge >= 0.3 is 0 Å². The van der Waals surface area contributed by atoms with Gasteiger partial charge < -0.3 is 15.4 Å². The molecule has 0 aliphatic heterocycles. The van der Waals surface area contributed by atoms with Crippen molar-refractivity contribution in [2.45, 2.75) is 20.0 Å². The normalized spacial score (nSPS) is 11.6. The minimum absolute atomic E-state index is 0.0350. The van der Waals surface area contributed by atoms with Crippen LogP contribution in [0.1, 0.15) is 13.8 Å². The van der Waals surface area contributed by atoms with Crippen LogP contribution in [0.25, 0.3) is 0 Å². The third-order valence-electron chi connectivity index (χ3n) is 2.33. The third kappa shape index (κ3) is 4.90. The molecule has 0 aromatic carbocycles. The van der Waals surface area contributed by atoms with Crippen molar-refractivity contribution in [1.82, 2.24) is 9.97 Å². The summed E-state index contributed by atoms with van der Waals surface area (Å²) in [4.78, 5) is 9.70. The third-order valence-corrected chi connectivity index (χ3v) is 3.26. The molecule has 0 atom stereocenters. The fourth-order valence-electron chi connectivity index (χ4n) is 1.40. The van der Waals surface area contributed by atoms with Gasteiger partial charge in [0, 0.05) is 19.8 Å². The number of aromatic nitrogens is 2. The summed E-state index contributed by atoms with van der Waals surface area (Å²) in [6.45, 7) is 4.05. The minimum atomic E-state index is -3.03. The molecule has 0 unspecified atom stereocenters. The van der Waals surface area contributed by atoms with Crippen molar-refractivity contribution in [3.63, 3.8) is 0 Å². The van der Waals surface area contributed by atoms with Crippen LogP contribution in [-0.2, 0) is 9.84 Å². The van der Waals surface area contributed by atoms with Crippen molar-refractivity contribution in [3.05, 3.63) is 6.33 Å². The van der Waals surface area contributed by atoms with Crippen LogP contribution in [0.2, 0.25) is 0 Å². The fraction of sp³-hybridized carbons (Fsp3) is 0.636. The van der Waals surface area contributed by atoms with Gasteiger partial charge in [0.15, 0.2) is 5.82 Å². The van der Waals surface area contributed by atoms with E-state index >= 15 is 0 Å². The van der Waals surface area contributed by atoms with E-state index < -0.39 is 9.84 Å². The highest BCUT2D eigenvalue weighted by Crippen LogP contribution is 2.27. The molecule has 0 bridgehead atoms. The van der Waals surface area contributed by atoms with Crippen molar-refractivity contribution in [2.75, 3.05) is 36.2 Å². The van der Waals surface area contributed by atoms with Crippen LogP contribution >= 0.6 is 0 Å². The molecule has 0 fully saturated rings. The molecule has 0 saturated heterocycles. The van der Waals surface area contributed by atoms with E-state index in [1.165, 1.54) is 12.6 Å². The standard InChI is InChI=1S/C11H20N4O3S/c1-8(2)18-11-9(12)10(13-7-14-11)15(3)5-6-19(4,16)17/h7-8H,5-6,12H2,1-4H3. The summed E-state index contributed by atoms with van der Waals surface area (Å²) in [5.74, 6) is 0.813. The molecule has 7 nitrogen and oxygen atoms in total. The van der Waals surface area contributed by atoms with E-state index in [4.69, 9.17) is 10.5 Å². The van der Waals surface area contributed by atoms with Crippen LogP contribution < -0.4 is 15.4 Å². The molecule has 19 heavy (non-hydrogen) atoms. The summed E-state index contributed by atoms with van der Waals surface area (Å²) in [7, 11) is -1.30. The van der Waals surface area contributed by atoms with E-state index in [-0.39, 0.29) is 11.9 Å². The molecule has 1 rings (SSSR count). The maximum atomic E-state index is 11.1. The molecule has 1 aromatic heterocycles. The molecular weight excluding hydrogens is 268 g/mol. The van der Waals surface area contributed by atoms with Crippen molar-refractivity contribution >= 4 is 21.3 Å². The number of sulfone groups is 1. The van der Waals surface area contributed by atoms with Crippen LogP contribution in [0, 0.1) is 0 Å². The molecule has 0 saturated carbocycles. The van der Waals surface area contributed by atoms with Crippen molar-refractivity contribution < 1.29 is 13.2 Å². The Bertz CT molecular complexity index is 531. The lowest BCUT2D eigenvalue weighted by atomic mass is 10.4. The van der Waals surface area contributed by atoms with Crippen LogP contribution in [0.4, 0.5) is 11.5 Å². The lowest BCUT2D eigenvalue weighted by Crippen LogP contribution is -2.27. The lowest BCUT2D eigenvalue weighted by Gasteiger charge is -2.20. The summed E-state index contributed by atoms with van der Waals surface area (Å²) in [5.41, 5.74) is 6.24. The first-order valence-electron chi connectivity index (χ1n) is 5.86. The monoisotopic (exact) mass is 288 g/mol. The Hall–Kier alpha value is -1.57. The number of rotatable bonds is 6. The second-order valence-corrected chi connectivity index (χ2v) is 6.89. The van der Waals surface area contributed by atoms with Crippen LogP contribution in [0.15, 0.2) is 6.33 Å². The Labute approximate surface area is 113 Å². The Morgan fingerprint density at radius 2 is 2.05 bits per heavy atom. The van der Waals surface area contributed by atoms with E-state index in [1.54, 1.807) is 11.9 Å². The van der Waals surface area contributed by atoms with Gasteiger partial charge in [0.05, 0.1) is 11.9 Å². The van der Waals surface area contributed by atoms with Gasteiger partial charge in [-0.05, 0) is 13.8 Å². The van der Waals surface area contributed by atoms with Gasteiger partial charge in [0.1, 0.15) is 21.9 Å². The summed E-state index contributed by atoms with van der Waals surface area (Å²) >= 11 is 0. The van der Waals surface area contributed by atoms with Crippen molar-refractivity contribution in [2.24, 2.45) is 0 Å². The van der Waals surface area contributed by atoms with Gasteiger partial charge in [-0.15, -0.1) is 0 Å². The zero-order chi connectivity index (χ0) is 14.6. The highest BCUT2D eigenvalue weighted by Gasteiger charge is 2.15. The number of hydrogen-bond acceptors (Lipinski definition) is 7. The summed E-state index contributed by atoms with van der Waals surface area (Å²) < 4.78 is 27.8. The molecule has 0 aliphatic carbocycles. The van der Waals surface area contributed by atoms with Crippen molar-refractivity contribution in [1.29, 1.82) is 0 Å². The predicted molar refractivity (Wildman–Crippen MR) is 75.2 cm³/mol. The van der Waals surface area contributed by atoms with E-state index in [0.29, 0.717) is 23.9 Å². The summed E-state index contributed by atoms with van der Waals surface area (Å²) in [6, 6.07) is 0. The van der Waals surface area contributed by atoms with E-state index in [9.17, 15) is 8.42 Å².